The quantitative estimate of drug-likeness (QED) is 0.868. The van der Waals surface area contributed by atoms with E-state index in [4.69, 9.17) is 5.73 Å². The van der Waals surface area contributed by atoms with E-state index < -0.39 is 11.7 Å². The molecule has 2 nitrogen and oxygen atoms in total. The van der Waals surface area contributed by atoms with Crippen LogP contribution in [0.25, 0.3) is 0 Å². The molecule has 0 aliphatic carbocycles. The highest BCUT2D eigenvalue weighted by Gasteiger charge is 2.33. The minimum Gasteiger partial charge on any atom is -0.375 e. The lowest BCUT2D eigenvalue weighted by atomic mass is 10.1. The summed E-state index contributed by atoms with van der Waals surface area (Å²) in [6.45, 7) is 2.42. The molecule has 0 saturated carbocycles. The van der Waals surface area contributed by atoms with Gasteiger partial charge in [0.05, 0.1) is 5.56 Å². The Bertz CT molecular complexity index is 361. The summed E-state index contributed by atoms with van der Waals surface area (Å²) in [6.07, 6.45) is -4.35. The smallest absolute Gasteiger partial charge is 0.375 e. The van der Waals surface area contributed by atoms with Crippen LogP contribution in [0.5, 0.6) is 0 Å². The molecule has 0 fully saturated rings. The van der Waals surface area contributed by atoms with Crippen molar-refractivity contribution < 1.29 is 13.2 Å². The number of alkyl halides is 3. The summed E-state index contributed by atoms with van der Waals surface area (Å²) in [4.78, 5) is 1.75. The van der Waals surface area contributed by atoms with Gasteiger partial charge in [-0.1, -0.05) is 6.07 Å². The molecule has 0 heterocycles. The molecule has 0 atom stereocenters. The summed E-state index contributed by atoms with van der Waals surface area (Å²) in [5, 5.41) is 0. The Morgan fingerprint density at radius 2 is 1.94 bits per heavy atom. The minimum atomic E-state index is -4.35. The van der Waals surface area contributed by atoms with Gasteiger partial charge >= 0.3 is 6.18 Å². The van der Waals surface area contributed by atoms with Crippen LogP contribution in [0.3, 0.4) is 0 Å². The molecule has 5 heteroatoms. The molecule has 1 aromatic rings. The summed E-state index contributed by atoms with van der Waals surface area (Å²) in [5.74, 6) is 0. The molecular formula is C11H15F3N2. The van der Waals surface area contributed by atoms with E-state index in [1.165, 1.54) is 6.07 Å². The molecule has 90 valence electrons. The Labute approximate surface area is 92.9 Å². The van der Waals surface area contributed by atoms with E-state index in [1.54, 1.807) is 18.0 Å². The van der Waals surface area contributed by atoms with Crippen molar-refractivity contribution in [1.29, 1.82) is 0 Å². The Morgan fingerprint density at radius 1 is 1.31 bits per heavy atom. The van der Waals surface area contributed by atoms with E-state index in [9.17, 15) is 13.2 Å². The van der Waals surface area contributed by atoms with Gasteiger partial charge in [-0.05, 0) is 24.6 Å². The monoisotopic (exact) mass is 232 g/mol. The molecular weight excluding hydrogens is 217 g/mol. The highest BCUT2D eigenvalue weighted by atomic mass is 19.4. The van der Waals surface area contributed by atoms with Crippen molar-refractivity contribution in [3.8, 4) is 0 Å². The van der Waals surface area contributed by atoms with Gasteiger partial charge in [0.1, 0.15) is 0 Å². The number of nitrogens with zero attached hydrogens (tertiary/aromatic N) is 1. The SMILES string of the molecule is CCN(C)c1ccc(CN)c(C(F)(F)F)c1. The lowest BCUT2D eigenvalue weighted by Gasteiger charge is -2.20. The maximum atomic E-state index is 12.7. The predicted molar refractivity (Wildman–Crippen MR) is 58.3 cm³/mol. The van der Waals surface area contributed by atoms with E-state index in [1.807, 2.05) is 6.92 Å². The van der Waals surface area contributed by atoms with E-state index in [2.05, 4.69) is 0 Å². The lowest BCUT2D eigenvalue weighted by molar-refractivity contribution is -0.138. The molecule has 0 aliphatic rings. The van der Waals surface area contributed by atoms with E-state index in [-0.39, 0.29) is 12.1 Å². The summed E-state index contributed by atoms with van der Waals surface area (Å²) < 4.78 is 38.1. The molecule has 0 aromatic heterocycles. The fourth-order valence-corrected chi connectivity index (χ4v) is 1.43. The van der Waals surface area contributed by atoms with Crippen molar-refractivity contribution >= 4 is 5.69 Å². The molecule has 0 bridgehead atoms. The second-order valence-electron chi connectivity index (χ2n) is 3.56. The van der Waals surface area contributed by atoms with Crippen molar-refractivity contribution in [1.82, 2.24) is 0 Å². The number of nitrogens with two attached hydrogens (primary N) is 1. The maximum Gasteiger partial charge on any atom is 0.416 e. The Balaban J connectivity index is 3.22. The molecule has 0 saturated heterocycles. The number of halogens is 3. The number of hydrogen-bond donors (Lipinski definition) is 1. The molecule has 0 aliphatic heterocycles. The van der Waals surface area contributed by atoms with Gasteiger partial charge in [0.25, 0.3) is 0 Å². The fraction of sp³-hybridized carbons (Fsp3) is 0.455. The van der Waals surface area contributed by atoms with Crippen LogP contribution in [0, 0.1) is 0 Å². The third-order valence-corrected chi connectivity index (χ3v) is 2.53. The van der Waals surface area contributed by atoms with Crippen LogP contribution in [0.2, 0.25) is 0 Å². The average molecular weight is 232 g/mol. The lowest BCUT2D eigenvalue weighted by Crippen LogP contribution is -2.18. The van der Waals surface area contributed by atoms with Gasteiger partial charge < -0.3 is 10.6 Å². The second kappa shape index (κ2) is 4.74. The summed E-state index contributed by atoms with van der Waals surface area (Å²) in [5.41, 5.74) is 5.32. The standard InChI is InChI=1S/C11H15F3N2/c1-3-16(2)9-5-4-8(7-15)10(6-9)11(12,13)14/h4-6H,3,7,15H2,1-2H3. The van der Waals surface area contributed by atoms with Crippen LogP contribution in [0.15, 0.2) is 18.2 Å². The van der Waals surface area contributed by atoms with Gasteiger partial charge in [-0.15, -0.1) is 0 Å². The normalized spacial score (nSPS) is 11.6. The van der Waals surface area contributed by atoms with Gasteiger partial charge in [-0.3, -0.25) is 0 Å². The minimum absolute atomic E-state index is 0.106. The van der Waals surface area contributed by atoms with Gasteiger partial charge in [0, 0.05) is 25.8 Å². The van der Waals surface area contributed by atoms with Crippen molar-refractivity contribution in [2.75, 3.05) is 18.5 Å². The molecule has 1 aromatic carbocycles. The van der Waals surface area contributed by atoms with Crippen LogP contribution in [0.4, 0.5) is 18.9 Å². The molecule has 16 heavy (non-hydrogen) atoms. The second-order valence-corrected chi connectivity index (χ2v) is 3.56. The van der Waals surface area contributed by atoms with Crippen LogP contribution < -0.4 is 10.6 Å². The zero-order valence-corrected chi connectivity index (χ0v) is 9.30. The molecule has 0 unspecified atom stereocenters. The largest absolute Gasteiger partial charge is 0.416 e. The first-order chi connectivity index (χ1) is 7.40. The average Bonchev–Trinajstić information content (AvgIpc) is 2.26. The van der Waals surface area contributed by atoms with Crippen molar-refractivity contribution in [3.63, 3.8) is 0 Å². The first kappa shape index (κ1) is 12.8. The van der Waals surface area contributed by atoms with Gasteiger partial charge in [-0.2, -0.15) is 13.2 Å². The fourth-order valence-electron chi connectivity index (χ4n) is 1.43. The summed E-state index contributed by atoms with van der Waals surface area (Å²) >= 11 is 0. The highest BCUT2D eigenvalue weighted by Crippen LogP contribution is 2.34. The van der Waals surface area contributed by atoms with E-state index >= 15 is 0 Å². The van der Waals surface area contributed by atoms with Crippen LogP contribution in [0.1, 0.15) is 18.1 Å². The molecule has 2 N–H and O–H groups in total. The third-order valence-electron chi connectivity index (χ3n) is 2.53. The van der Waals surface area contributed by atoms with Gasteiger partial charge in [0.15, 0.2) is 0 Å². The van der Waals surface area contributed by atoms with Crippen molar-refractivity contribution in [2.24, 2.45) is 5.73 Å². The first-order valence-corrected chi connectivity index (χ1v) is 5.01. The zero-order chi connectivity index (χ0) is 12.3. The number of hydrogen-bond acceptors (Lipinski definition) is 2. The van der Waals surface area contributed by atoms with Crippen molar-refractivity contribution in [3.05, 3.63) is 29.3 Å². The van der Waals surface area contributed by atoms with E-state index in [0.717, 1.165) is 6.07 Å². The number of rotatable bonds is 3. The maximum absolute atomic E-state index is 12.7. The number of benzene rings is 1. The number of anilines is 1. The first-order valence-electron chi connectivity index (χ1n) is 5.01. The molecule has 0 amide bonds. The Kier molecular flexibility index (Phi) is 3.80. The van der Waals surface area contributed by atoms with E-state index in [0.29, 0.717) is 12.2 Å². The van der Waals surface area contributed by atoms with Gasteiger partial charge in [-0.25, -0.2) is 0 Å². The predicted octanol–water partition coefficient (Wildman–Crippen LogP) is 2.62. The molecule has 0 radical (unpaired) electrons. The summed E-state index contributed by atoms with van der Waals surface area (Å²) in [6, 6.07) is 4.23. The topological polar surface area (TPSA) is 29.3 Å². The summed E-state index contributed by atoms with van der Waals surface area (Å²) in [7, 11) is 1.75. The molecule has 0 spiro atoms. The third kappa shape index (κ3) is 2.66. The zero-order valence-electron chi connectivity index (χ0n) is 9.30. The van der Waals surface area contributed by atoms with Crippen LogP contribution >= 0.6 is 0 Å². The molecule has 1 rings (SSSR count). The Hall–Kier alpha value is -1.23. The van der Waals surface area contributed by atoms with Crippen molar-refractivity contribution in [2.45, 2.75) is 19.6 Å². The van der Waals surface area contributed by atoms with Crippen LogP contribution in [-0.4, -0.2) is 13.6 Å². The van der Waals surface area contributed by atoms with Crippen LogP contribution in [-0.2, 0) is 12.7 Å². The highest BCUT2D eigenvalue weighted by molar-refractivity contribution is 5.51. The Morgan fingerprint density at radius 3 is 2.38 bits per heavy atom. The van der Waals surface area contributed by atoms with Gasteiger partial charge in [0.2, 0.25) is 0 Å².